The number of hydrogen-bond donors (Lipinski definition) is 1. The first-order valence-electron chi connectivity index (χ1n) is 6.73. The van der Waals surface area contributed by atoms with E-state index in [9.17, 15) is 0 Å². The molecule has 0 fully saturated rings. The van der Waals surface area contributed by atoms with Gasteiger partial charge in [-0.25, -0.2) is 0 Å². The first-order chi connectivity index (χ1) is 9.42. The van der Waals surface area contributed by atoms with Crippen LogP contribution >= 0.6 is 0 Å². The number of benzene rings is 2. The van der Waals surface area contributed by atoms with Gasteiger partial charge in [-0.2, -0.15) is 0 Å². The molecule has 0 saturated heterocycles. The van der Waals surface area contributed by atoms with Gasteiger partial charge in [-0.05, 0) is 46.4 Å². The maximum Gasteiger partial charge on any atom is 0.0191 e. The number of aromatic amines is 1. The Labute approximate surface area is 112 Å². The van der Waals surface area contributed by atoms with E-state index in [4.69, 9.17) is 0 Å². The average molecular weight is 245 g/mol. The van der Waals surface area contributed by atoms with Gasteiger partial charge in [0.15, 0.2) is 0 Å². The van der Waals surface area contributed by atoms with Crippen LogP contribution in [-0.4, -0.2) is 4.98 Å². The summed E-state index contributed by atoms with van der Waals surface area (Å²) < 4.78 is 0. The molecule has 2 aromatic carbocycles. The molecule has 1 aromatic heterocycles. The Morgan fingerprint density at radius 2 is 1.74 bits per heavy atom. The summed E-state index contributed by atoms with van der Waals surface area (Å²) in [6, 6.07) is 19.6. The highest BCUT2D eigenvalue weighted by Gasteiger charge is 2.20. The number of H-pyrrole nitrogens is 1. The summed E-state index contributed by atoms with van der Waals surface area (Å²) in [6.07, 6.45) is 4.06. The third-order valence-electron chi connectivity index (χ3n) is 3.99. The van der Waals surface area contributed by atoms with Crippen LogP contribution in [-0.2, 0) is 12.8 Å². The minimum Gasteiger partial charge on any atom is -0.365 e. The van der Waals surface area contributed by atoms with Crippen LogP contribution in [0, 0.1) is 0 Å². The zero-order valence-corrected chi connectivity index (χ0v) is 10.7. The van der Waals surface area contributed by atoms with Crippen molar-refractivity contribution in [3.8, 4) is 11.1 Å². The van der Waals surface area contributed by atoms with Gasteiger partial charge in [0.1, 0.15) is 0 Å². The summed E-state index contributed by atoms with van der Waals surface area (Å²) >= 11 is 0. The predicted octanol–water partition coefficient (Wildman–Crippen LogP) is 4.18. The fraction of sp³-hybridized carbons (Fsp3) is 0.111. The van der Waals surface area contributed by atoms with E-state index in [1.165, 1.54) is 33.5 Å². The highest BCUT2D eigenvalue weighted by atomic mass is 14.7. The quantitative estimate of drug-likeness (QED) is 0.545. The van der Waals surface area contributed by atoms with Crippen molar-refractivity contribution in [1.82, 2.24) is 4.98 Å². The summed E-state index contributed by atoms with van der Waals surface area (Å²) in [5, 5.41) is 0. The van der Waals surface area contributed by atoms with Crippen LogP contribution in [0.15, 0.2) is 60.8 Å². The van der Waals surface area contributed by atoms with Gasteiger partial charge in [0, 0.05) is 18.3 Å². The third kappa shape index (κ3) is 1.70. The van der Waals surface area contributed by atoms with Crippen molar-refractivity contribution in [2.75, 3.05) is 0 Å². The maximum atomic E-state index is 3.30. The molecule has 1 heterocycles. The molecule has 0 aliphatic heterocycles. The van der Waals surface area contributed by atoms with Crippen LogP contribution in [0.3, 0.4) is 0 Å². The standard InChI is InChI=1S/C18H15N/c1-2-8-16-14(5-1)12-18-13(6-3-9-17(16)18)11-15-7-4-10-19-15/h1-10,19H,11-12H2. The Bertz CT molecular complexity index is 723. The molecule has 1 N–H and O–H groups in total. The minimum absolute atomic E-state index is 0.990. The van der Waals surface area contributed by atoms with E-state index >= 15 is 0 Å². The molecule has 0 atom stereocenters. The van der Waals surface area contributed by atoms with Gasteiger partial charge >= 0.3 is 0 Å². The van der Waals surface area contributed by atoms with Crippen molar-refractivity contribution in [2.45, 2.75) is 12.8 Å². The minimum atomic E-state index is 0.990. The van der Waals surface area contributed by atoms with E-state index in [0.29, 0.717) is 0 Å². The molecule has 0 unspecified atom stereocenters. The summed E-state index contributed by atoms with van der Waals surface area (Å²) in [6.45, 7) is 0. The first-order valence-corrected chi connectivity index (χ1v) is 6.73. The van der Waals surface area contributed by atoms with Gasteiger partial charge in [-0.1, -0.05) is 42.5 Å². The topological polar surface area (TPSA) is 15.8 Å². The van der Waals surface area contributed by atoms with Gasteiger partial charge in [-0.15, -0.1) is 0 Å². The summed E-state index contributed by atoms with van der Waals surface area (Å²) in [7, 11) is 0. The number of nitrogens with one attached hydrogen (secondary N) is 1. The fourth-order valence-corrected chi connectivity index (χ4v) is 3.07. The van der Waals surface area contributed by atoms with Gasteiger partial charge in [0.05, 0.1) is 0 Å². The zero-order chi connectivity index (χ0) is 12.7. The molecule has 4 rings (SSSR count). The lowest BCUT2D eigenvalue weighted by Gasteiger charge is -2.07. The fourth-order valence-electron chi connectivity index (χ4n) is 3.07. The Morgan fingerprint density at radius 1 is 0.842 bits per heavy atom. The molecule has 0 radical (unpaired) electrons. The van der Waals surface area contributed by atoms with Crippen molar-refractivity contribution in [1.29, 1.82) is 0 Å². The molecular formula is C18H15N. The summed E-state index contributed by atoms with van der Waals surface area (Å²) in [4.78, 5) is 3.30. The van der Waals surface area contributed by atoms with Crippen molar-refractivity contribution in [3.63, 3.8) is 0 Å². The van der Waals surface area contributed by atoms with Gasteiger partial charge < -0.3 is 4.98 Å². The Balaban J connectivity index is 1.81. The third-order valence-corrected chi connectivity index (χ3v) is 3.99. The summed E-state index contributed by atoms with van der Waals surface area (Å²) in [5.41, 5.74) is 8.50. The smallest absolute Gasteiger partial charge is 0.0191 e. The van der Waals surface area contributed by atoms with E-state index in [0.717, 1.165) is 12.8 Å². The Kier molecular flexibility index (Phi) is 2.31. The monoisotopic (exact) mass is 245 g/mol. The molecule has 92 valence electrons. The number of fused-ring (bicyclic) bond motifs is 3. The van der Waals surface area contributed by atoms with E-state index < -0.39 is 0 Å². The van der Waals surface area contributed by atoms with Crippen molar-refractivity contribution < 1.29 is 0 Å². The average Bonchev–Trinajstić information content (AvgIpc) is 3.06. The second-order valence-electron chi connectivity index (χ2n) is 5.15. The highest BCUT2D eigenvalue weighted by Crippen LogP contribution is 2.38. The molecule has 0 spiro atoms. The van der Waals surface area contributed by atoms with Gasteiger partial charge in [0.25, 0.3) is 0 Å². The molecule has 1 aliphatic rings. The van der Waals surface area contributed by atoms with Crippen LogP contribution in [0.25, 0.3) is 11.1 Å². The van der Waals surface area contributed by atoms with Crippen molar-refractivity contribution in [2.24, 2.45) is 0 Å². The normalized spacial score (nSPS) is 12.2. The SMILES string of the molecule is c1c[nH]c(Cc2cccc3c2Cc2ccccc2-3)c1. The summed E-state index contributed by atoms with van der Waals surface area (Å²) in [5.74, 6) is 0. The predicted molar refractivity (Wildman–Crippen MR) is 78.3 cm³/mol. The van der Waals surface area contributed by atoms with E-state index in [-0.39, 0.29) is 0 Å². The Morgan fingerprint density at radius 3 is 2.63 bits per heavy atom. The van der Waals surface area contributed by atoms with Gasteiger partial charge in [-0.3, -0.25) is 0 Å². The second kappa shape index (κ2) is 4.13. The zero-order valence-electron chi connectivity index (χ0n) is 10.7. The molecule has 19 heavy (non-hydrogen) atoms. The van der Waals surface area contributed by atoms with Crippen LogP contribution < -0.4 is 0 Å². The molecule has 1 nitrogen and oxygen atoms in total. The number of aromatic nitrogens is 1. The largest absolute Gasteiger partial charge is 0.365 e. The van der Waals surface area contributed by atoms with Crippen molar-refractivity contribution >= 4 is 0 Å². The lowest BCUT2D eigenvalue weighted by atomic mass is 9.98. The Hall–Kier alpha value is -2.28. The molecule has 3 aromatic rings. The number of rotatable bonds is 2. The lowest BCUT2D eigenvalue weighted by molar-refractivity contribution is 1.07. The van der Waals surface area contributed by atoms with E-state index in [2.05, 4.69) is 59.6 Å². The van der Waals surface area contributed by atoms with Crippen LogP contribution in [0.1, 0.15) is 22.4 Å². The van der Waals surface area contributed by atoms with Crippen LogP contribution in [0.4, 0.5) is 0 Å². The van der Waals surface area contributed by atoms with E-state index in [1.807, 2.05) is 6.20 Å². The number of hydrogen-bond acceptors (Lipinski definition) is 0. The molecule has 0 saturated carbocycles. The lowest BCUT2D eigenvalue weighted by Crippen LogP contribution is -1.94. The highest BCUT2D eigenvalue weighted by molar-refractivity contribution is 5.77. The molecule has 0 amide bonds. The molecular weight excluding hydrogens is 230 g/mol. The van der Waals surface area contributed by atoms with Gasteiger partial charge in [0.2, 0.25) is 0 Å². The molecule has 0 bridgehead atoms. The van der Waals surface area contributed by atoms with E-state index in [1.54, 1.807) is 0 Å². The van der Waals surface area contributed by atoms with Crippen LogP contribution in [0.2, 0.25) is 0 Å². The molecule has 1 aliphatic carbocycles. The second-order valence-corrected chi connectivity index (χ2v) is 5.15. The molecule has 1 heteroatoms. The first kappa shape index (κ1) is 10.6. The maximum absolute atomic E-state index is 3.30. The van der Waals surface area contributed by atoms with Crippen molar-refractivity contribution in [3.05, 3.63) is 83.2 Å². The van der Waals surface area contributed by atoms with Crippen LogP contribution in [0.5, 0.6) is 0 Å².